The lowest BCUT2D eigenvalue weighted by molar-refractivity contribution is -0.112. The van der Waals surface area contributed by atoms with Gasteiger partial charge in [0.25, 0.3) is 5.91 Å². The molecule has 190 valence electrons. The minimum absolute atomic E-state index is 0.0328. The Morgan fingerprint density at radius 2 is 1.89 bits per heavy atom. The van der Waals surface area contributed by atoms with Gasteiger partial charge in [0.2, 0.25) is 0 Å². The van der Waals surface area contributed by atoms with Gasteiger partial charge in [-0.25, -0.2) is 0 Å². The summed E-state index contributed by atoms with van der Waals surface area (Å²) in [6.07, 6.45) is 3.77. The molecule has 37 heavy (non-hydrogen) atoms. The van der Waals surface area contributed by atoms with E-state index in [2.05, 4.69) is 11.9 Å². The number of anilines is 1. The minimum Gasteiger partial charge on any atom is -0.490 e. The van der Waals surface area contributed by atoms with Gasteiger partial charge in [0, 0.05) is 26.9 Å². The Morgan fingerprint density at radius 1 is 1.11 bits per heavy atom. The number of halogens is 2. The summed E-state index contributed by atoms with van der Waals surface area (Å²) in [4.78, 5) is 12.9. The fourth-order valence-corrected chi connectivity index (χ4v) is 4.14. The third kappa shape index (κ3) is 7.16. The standard InChI is InChI=1S/C30H28Cl2N2O3/c1-5-8-22-13-21(14-24(17-33)30(35)34-27-10-7-9-19(3)20(27)4)15-28(36-6-2)29(22)37-18-23-11-12-25(31)16-26(23)32/h5,7,9-16H,1,6,8,18H2,2-4H3,(H,34,35)/b24-14+. The van der Waals surface area contributed by atoms with E-state index in [0.717, 1.165) is 22.3 Å². The van der Waals surface area contributed by atoms with Crippen LogP contribution in [0.25, 0.3) is 6.08 Å². The highest BCUT2D eigenvalue weighted by Gasteiger charge is 2.16. The summed E-state index contributed by atoms with van der Waals surface area (Å²) in [5.41, 5.74) is 4.83. The maximum atomic E-state index is 12.9. The van der Waals surface area contributed by atoms with Crippen molar-refractivity contribution in [3.63, 3.8) is 0 Å². The second kappa shape index (κ2) is 13.0. The Balaban J connectivity index is 1.95. The summed E-state index contributed by atoms with van der Waals surface area (Å²) in [7, 11) is 0. The number of nitrogens with one attached hydrogen (secondary N) is 1. The van der Waals surface area contributed by atoms with Crippen LogP contribution in [-0.4, -0.2) is 12.5 Å². The number of benzene rings is 3. The number of nitrogens with zero attached hydrogens (tertiary/aromatic N) is 1. The number of carbonyl (C=O) groups is 1. The van der Waals surface area contributed by atoms with Crippen LogP contribution in [-0.2, 0) is 17.8 Å². The Hall–Kier alpha value is -3.72. The summed E-state index contributed by atoms with van der Waals surface area (Å²) in [5.74, 6) is 0.547. The maximum Gasteiger partial charge on any atom is 0.266 e. The molecule has 5 nitrogen and oxygen atoms in total. The van der Waals surface area contributed by atoms with E-state index in [1.54, 1.807) is 24.3 Å². The molecule has 3 aromatic rings. The average Bonchev–Trinajstić information content (AvgIpc) is 2.86. The molecule has 7 heteroatoms. The van der Waals surface area contributed by atoms with E-state index in [1.807, 2.05) is 57.2 Å². The lowest BCUT2D eigenvalue weighted by Crippen LogP contribution is -2.14. The summed E-state index contributed by atoms with van der Waals surface area (Å²) < 4.78 is 12.0. The number of nitriles is 1. The van der Waals surface area contributed by atoms with Crippen LogP contribution >= 0.6 is 23.2 Å². The van der Waals surface area contributed by atoms with Crippen LogP contribution in [0.1, 0.15) is 34.7 Å². The van der Waals surface area contributed by atoms with E-state index in [0.29, 0.717) is 45.8 Å². The molecule has 3 rings (SSSR count). The third-order valence-electron chi connectivity index (χ3n) is 5.73. The number of hydrogen-bond acceptors (Lipinski definition) is 4. The van der Waals surface area contributed by atoms with Gasteiger partial charge in [-0.15, -0.1) is 6.58 Å². The number of rotatable bonds is 10. The van der Waals surface area contributed by atoms with E-state index in [4.69, 9.17) is 32.7 Å². The van der Waals surface area contributed by atoms with Crippen LogP contribution in [0.2, 0.25) is 10.0 Å². The molecule has 0 bridgehead atoms. The van der Waals surface area contributed by atoms with Gasteiger partial charge >= 0.3 is 0 Å². The van der Waals surface area contributed by atoms with Gasteiger partial charge in [0.1, 0.15) is 18.2 Å². The van der Waals surface area contributed by atoms with Crippen LogP contribution < -0.4 is 14.8 Å². The van der Waals surface area contributed by atoms with E-state index in [9.17, 15) is 10.1 Å². The fraction of sp³-hybridized carbons (Fsp3) is 0.200. The number of hydrogen-bond donors (Lipinski definition) is 1. The first-order chi connectivity index (χ1) is 17.8. The number of aryl methyl sites for hydroxylation is 1. The number of allylic oxidation sites excluding steroid dienone is 1. The highest BCUT2D eigenvalue weighted by atomic mass is 35.5. The zero-order valence-electron chi connectivity index (χ0n) is 21.0. The highest BCUT2D eigenvalue weighted by Crippen LogP contribution is 2.36. The highest BCUT2D eigenvalue weighted by molar-refractivity contribution is 6.35. The zero-order valence-corrected chi connectivity index (χ0v) is 22.5. The largest absolute Gasteiger partial charge is 0.490 e. The van der Waals surface area contributed by atoms with Crippen molar-refractivity contribution >= 4 is 40.9 Å². The van der Waals surface area contributed by atoms with Crippen molar-refractivity contribution in [1.29, 1.82) is 5.26 Å². The molecular weight excluding hydrogens is 507 g/mol. The van der Waals surface area contributed by atoms with Crippen molar-refractivity contribution in [3.8, 4) is 17.6 Å². The molecule has 0 saturated heterocycles. The van der Waals surface area contributed by atoms with Gasteiger partial charge in [-0.1, -0.05) is 47.5 Å². The van der Waals surface area contributed by atoms with Gasteiger partial charge in [0.05, 0.1) is 6.61 Å². The molecule has 0 heterocycles. The quantitative estimate of drug-likeness (QED) is 0.163. The van der Waals surface area contributed by atoms with Crippen LogP contribution in [0.4, 0.5) is 5.69 Å². The molecule has 3 aromatic carbocycles. The van der Waals surface area contributed by atoms with E-state index in [1.165, 1.54) is 6.08 Å². The molecule has 0 aliphatic rings. The fourth-order valence-electron chi connectivity index (χ4n) is 3.68. The van der Waals surface area contributed by atoms with E-state index >= 15 is 0 Å². The number of ether oxygens (including phenoxy) is 2. The van der Waals surface area contributed by atoms with Crippen LogP contribution in [0.3, 0.4) is 0 Å². The lowest BCUT2D eigenvalue weighted by atomic mass is 10.0. The first kappa shape index (κ1) is 27.9. The Bertz CT molecular complexity index is 1390. The molecule has 0 saturated carbocycles. The molecule has 0 atom stereocenters. The van der Waals surface area contributed by atoms with Crippen LogP contribution in [0.15, 0.2) is 66.8 Å². The number of carbonyl (C=O) groups excluding carboxylic acids is 1. The van der Waals surface area contributed by atoms with Crippen molar-refractivity contribution in [1.82, 2.24) is 0 Å². The average molecular weight is 535 g/mol. The first-order valence-electron chi connectivity index (χ1n) is 11.7. The number of amides is 1. The molecular formula is C30H28Cl2N2O3. The van der Waals surface area contributed by atoms with Crippen molar-refractivity contribution < 1.29 is 14.3 Å². The van der Waals surface area contributed by atoms with Crippen molar-refractivity contribution in [2.45, 2.75) is 33.8 Å². The third-order valence-corrected chi connectivity index (χ3v) is 6.32. The zero-order chi connectivity index (χ0) is 26.9. The van der Waals surface area contributed by atoms with Gasteiger partial charge in [-0.2, -0.15) is 5.26 Å². The molecule has 0 aromatic heterocycles. The Labute approximate surface area is 227 Å². The molecule has 0 aliphatic carbocycles. The van der Waals surface area contributed by atoms with Gasteiger partial charge < -0.3 is 14.8 Å². The molecule has 0 spiro atoms. The minimum atomic E-state index is -0.489. The van der Waals surface area contributed by atoms with Crippen molar-refractivity contribution in [2.24, 2.45) is 0 Å². The predicted octanol–water partition coefficient (Wildman–Crippen LogP) is 7.86. The topological polar surface area (TPSA) is 71.4 Å². The first-order valence-corrected chi connectivity index (χ1v) is 12.5. The smallest absolute Gasteiger partial charge is 0.266 e. The molecule has 1 N–H and O–H groups in total. The van der Waals surface area contributed by atoms with Crippen molar-refractivity contribution in [2.75, 3.05) is 11.9 Å². The lowest BCUT2D eigenvalue weighted by Gasteiger charge is -2.17. The molecule has 0 unspecified atom stereocenters. The second-order valence-electron chi connectivity index (χ2n) is 8.33. The molecule has 0 aliphatic heterocycles. The molecule has 1 amide bonds. The maximum absolute atomic E-state index is 12.9. The Kier molecular flexibility index (Phi) is 9.79. The van der Waals surface area contributed by atoms with Crippen molar-refractivity contribution in [3.05, 3.63) is 105 Å². The molecule has 0 radical (unpaired) electrons. The summed E-state index contributed by atoms with van der Waals surface area (Å²) in [6, 6.07) is 16.5. The van der Waals surface area contributed by atoms with Gasteiger partial charge in [-0.05, 0) is 80.3 Å². The summed E-state index contributed by atoms with van der Waals surface area (Å²) in [5, 5.41) is 13.6. The second-order valence-corrected chi connectivity index (χ2v) is 9.17. The normalized spacial score (nSPS) is 11.0. The summed E-state index contributed by atoms with van der Waals surface area (Å²) >= 11 is 12.3. The summed E-state index contributed by atoms with van der Waals surface area (Å²) in [6.45, 7) is 10.2. The SMILES string of the molecule is C=CCc1cc(/C=C(\C#N)C(=O)Nc2cccc(C)c2C)cc(OCC)c1OCc1ccc(Cl)cc1Cl. The van der Waals surface area contributed by atoms with Gasteiger partial charge in [-0.3, -0.25) is 4.79 Å². The Morgan fingerprint density at radius 3 is 2.57 bits per heavy atom. The van der Waals surface area contributed by atoms with E-state index < -0.39 is 5.91 Å². The van der Waals surface area contributed by atoms with E-state index in [-0.39, 0.29) is 12.2 Å². The molecule has 0 fully saturated rings. The predicted molar refractivity (Wildman–Crippen MR) is 150 cm³/mol. The van der Waals surface area contributed by atoms with Crippen LogP contribution in [0, 0.1) is 25.2 Å². The monoisotopic (exact) mass is 534 g/mol. The van der Waals surface area contributed by atoms with Gasteiger partial charge in [0.15, 0.2) is 11.5 Å². The van der Waals surface area contributed by atoms with Crippen LogP contribution in [0.5, 0.6) is 11.5 Å².